The summed E-state index contributed by atoms with van der Waals surface area (Å²) < 4.78 is 39.9. The highest BCUT2D eigenvalue weighted by atomic mass is 32.2. The summed E-state index contributed by atoms with van der Waals surface area (Å²) in [4.78, 5) is 28.5. The maximum atomic E-state index is 14.0. The second-order valence-corrected chi connectivity index (χ2v) is 11.4. The predicted molar refractivity (Wildman–Crippen MR) is 160 cm³/mol. The molecule has 1 atom stereocenters. The number of nitrogens with one attached hydrogen (secondary N) is 1. The number of hydrogen-bond acceptors (Lipinski definition) is 6. The van der Waals surface area contributed by atoms with Crippen LogP contribution in [0.4, 0.5) is 5.69 Å². The molecule has 0 saturated carbocycles. The van der Waals surface area contributed by atoms with Crippen molar-refractivity contribution in [2.75, 3.05) is 38.2 Å². The highest BCUT2D eigenvalue weighted by molar-refractivity contribution is 7.92. The van der Waals surface area contributed by atoms with Crippen LogP contribution in [-0.2, 0) is 26.0 Å². The van der Waals surface area contributed by atoms with Crippen LogP contribution in [0.25, 0.3) is 0 Å². The van der Waals surface area contributed by atoms with E-state index in [9.17, 15) is 18.0 Å². The third-order valence-corrected chi connectivity index (χ3v) is 8.52. The van der Waals surface area contributed by atoms with Crippen molar-refractivity contribution in [2.24, 2.45) is 0 Å². The Kier molecular flexibility index (Phi) is 11.6. The van der Waals surface area contributed by atoms with Gasteiger partial charge >= 0.3 is 0 Å². The molecule has 0 aliphatic carbocycles. The van der Waals surface area contributed by atoms with Gasteiger partial charge in [-0.1, -0.05) is 61.9 Å². The van der Waals surface area contributed by atoms with E-state index in [0.29, 0.717) is 18.7 Å². The molecule has 3 aromatic carbocycles. The van der Waals surface area contributed by atoms with E-state index < -0.39 is 28.5 Å². The van der Waals surface area contributed by atoms with E-state index in [0.717, 1.165) is 22.7 Å². The normalized spacial score (nSPS) is 11.8. The lowest BCUT2D eigenvalue weighted by Gasteiger charge is -2.32. The summed E-state index contributed by atoms with van der Waals surface area (Å²) in [5, 5.41) is 2.89. The van der Waals surface area contributed by atoms with Gasteiger partial charge in [-0.15, -0.1) is 0 Å². The largest absolute Gasteiger partial charge is 0.497 e. The smallest absolute Gasteiger partial charge is 0.264 e. The van der Waals surface area contributed by atoms with Gasteiger partial charge in [-0.25, -0.2) is 8.42 Å². The molecule has 0 saturated heterocycles. The number of methoxy groups -OCH3 is 2. The molecule has 0 radical (unpaired) electrons. The lowest BCUT2D eigenvalue weighted by Crippen LogP contribution is -2.52. The fraction of sp³-hybridized carbons (Fsp3) is 0.355. The number of ether oxygens (including phenoxy) is 2. The number of nitrogens with zero attached hydrogens (tertiary/aromatic N) is 2. The van der Waals surface area contributed by atoms with Crippen molar-refractivity contribution >= 4 is 27.5 Å². The van der Waals surface area contributed by atoms with Gasteiger partial charge in [0.25, 0.3) is 10.0 Å². The summed E-state index contributed by atoms with van der Waals surface area (Å²) in [6, 6.07) is 21.4. The Hall–Kier alpha value is -4.05. The van der Waals surface area contributed by atoms with Crippen LogP contribution in [0, 0.1) is 0 Å². The molecule has 0 aliphatic heterocycles. The zero-order chi connectivity index (χ0) is 29.8. The minimum absolute atomic E-state index is 0.0128. The van der Waals surface area contributed by atoms with Gasteiger partial charge in [0.1, 0.15) is 24.1 Å². The quantitative estimate of drug-likeness (QED) is 0.269. The predicted octanol–water partition coefficient (Wildman–Crippen LogP) is 4.28. The van der Waals surface area contributed by atoms with E-state index in [1.54, 1.807) is 37.3 Å². The number of sulfonamides is 1. The topological polar surface area (TPSA) is 105 Å². The molecule has 220 valence electrons. The van der Waals surface area contributed by atoms with Gasteiger partial charge in [0.15, 0.2) is 0 Å². The Balaban J connectivity index is 2.02. The summed E-state index contributed by atoms with van der Waals surface area (Å²) in [6.45, 7) is 3.85. The fourth-order valence-corrected chi connectivity index (χ4v) is 5.77. The molecular weight excluding hydrogens is 542 g/mol. The Bertz CT molecular complexity index is 1380. The van der Waals surface area contributed by atoms with Crippen LogP contribution < -0.4 is 19.1 Å². The van der Waals surface area contributed by atoms with Crippen LogP contribution >= 0.6 is 0 Å². The Morgan fingerprint density at radius 1 is 0.927 bits per heavy atom. The van der Waals surface area contributed by atoms with Gasteiger partial charge in [0, 0.05) is 19.2 Å². The number of carbonyl (C=O) groups excluding carboxylic acids is 2. The highest BCUT2D eigenvalue weighted by Crippen LogP contribution is 2.35. The monoisotopic (exact) mass is 581 g/mol. The maximum absolute atomic E-state index is 14.0. The van der Waals surface area contributed by atoms with Gasteiger partial charge in [-0.2, -0.15) is 0 Å². The lowest BCUT2D eigenvalue weighted by molar-refractivity contribution is -0.138. The number of amides is 2. The maximum Gasteiger partial charge on any atom is 0.264 e. The number of benzene rings is 3. The molecule has 3 aromatic rings. The molecule has 0 aromatic heterocycles. The molecule has 0 spiro atoms. The molecule has 1 unspecified atom stereocenters. The minimum atomic E-state index is -4.22. The van der Waals surface area contributed by atoms with Gasteiger partial charge in [0.2, 0.25) is 11.8 Å². The van der Waals surface area contributed by atoms with Crippen LogP contribution in [-0.4, -0.2) is 65.0 Å². The Morgan fingerprint density at radius 3 is 2.20 bits per heavy atom. The van der Waals surface area contributed by atoms with E-state index in [2.05, 4.69) is 5.32 Å². The molecule has 0 heterocycles. The van der Waals surface area contributed by atoms with Crippen molar-refractivity contribution in [3.63, 3.8) is 0 Å². The first-order chi connectivity index (χ1) is 19.7. The first-order valence-electron chi connectivity index (χ1n) is 13.6. The van der Waals surface area contributed by atoms with Gasteiger partial charge in [-0.3, -0.25) is 13.9 Å². The first kappa shape index (κ1) is 31.5. The zero-order valence-electron chi connectivity index (χ0n) is 24.1. The fourth-order valence-electron chi connectivity index (χ4n) is 4.33. The van der Waals surface area contributed by atoms with Gasteiger partial charge < -0.3 is 19.7 Å². The van der Waals surface area contributed by atoms with Gasteiger partial charge in [0.05, 0.1) is 24.8 Å². The average Bonchev–Trinajstić information content (AvgIpc) is 3.00. The molecule has 41 heavy (non-hydrogen) atoms. The van der Waals surface area contributed by atoms with E-state index in [1.807, 2.05) is 37.3 Å². The first-order valence-corrected chi connectivity index (χ1v) is 15.1. The van der Waals surface area contributed by atoms with Crippen molar-refractivity contribution in [3.05, 3.63) is 84.4 Å². The van der Waals surface area contributed by atoms with Crippen molar-refractivity contribution in [1.82, 2.24) is 10.2 Å². The zero-order valence-corrected chi connectivity index (χ0v) is 24.9. The van der Waals surface area contributed by atoms with Crippen LogP contribution in [0.3, 0.4) is 0 Å². The van der Waals surface area contributed by atoms with Crippen molar-refractivity contribution in [1.29, 1.82) is 0 Å². The lowest BCUT2D eigenvalue weighted by atomic mass is 10.1. The third kappa shape index (κ3) is 8.23. The summed E-state index contributed by atoms with van der Waals surface area (Å²) in [5.74, 6) is -0.176. The molecular formula is C31H39N3O6S. The Morgan fingerprint density at radius 2 is 1.59 bits per heavy atom. The summed E-state index contributed by atoms with van der Waals surface area (Å²) in [5.41, 5.74) is 1.14. The Labute approximate surface area is 243 Å². The van der Waals surface area contributed by atoms with Crippen molar-refractivity contribution in [2.45, 2.75) is 44.0 Å². The van der Waals surface area contributed by atoms with E-state index in [4.69, 9.17) is 9.47 Å². The molecule has 3 rings (SSSR count). The van der Waals surface area contributed by atoms with E-state index >= 15 is 0 Å². The molecule has 0 aliphatic rings. The molecule has 1 N–H and O–H groups in total. The summed E-state index contributed by atoms with van der Waals surface area (Å²) in [6.07, 6.45) is 2.22. The third-order valence-electron chi connectivity index (χ3n) is 6.75. The molecule has 9 nitrogen and oxygen atoms in total. The number of anilines is 1. The van der Waals surface area contributed by atoms with E-state index in [1.165, 1.54) is 37.3 Å². The van der Waals surface area contributed by atoms with Gasteiger partial charge in [-0.05, 0) is 49.6 Å². The van der Waals surface area contributed by atoms with Crippen molar-refractivity contribution in [3.8, 4) is 11.5 Å². The SMILES string of the molecule is CCCCNC(=O)C(C)N(CCc1ccccc1)C(=O)CN(c1cc(OC)ccc1OC)S(=O)(=O)c1ccccc1. The number of carbonyl (C=O) groups is 2. The molecule has 0 bridgehead atoms. The standard InChI is InChI=1S/C31H39N3O6S/c1-5-6-20-32-31(36)24(2)33(21-19-25-13-9-7-10-14-25)30(35)23-34(41(37,38)27-15-11-8-12-16-27)28-22-26(39-3)17-18-29(28)40-4/h7-18,22,24H,5-6,19-21,23H2,1-4H3,(H,32,36). The second kappa shape index (κ2) is 15.1. The van der Waals surface area contributed by atoms with Crippen LogP contribution in [0.1, 0.15) is 32.3 Å². The molecule has 0 fully saturated rings. The number of hydrogen-bond donors (Lipinski definition) is 1. The van der Waals surface area contributed by atoms with E-state index in [-0.39, 0.29) is 28.8 Å². The number of rotatable bonds is 15. The minimum Gasteiger partial charge on any atom is -0.497 e. The molecule has 2 amide bonds. The summed E-state index contributed by atoms with van der Waals surface area (Å²) >= 11 is 0. The summed E-state index contributed by atoms with van der Waals surface area (Å²) in [7, 11) is -1.33. The van der Waals surface area contributed by atoms with Crippen molar-refractivity contribution < 1.29 is 27.5 Å². The van der Waals surface area contributed by atoms with Crippen LogP contribution in [0.15, 0.2) is 83.8 Å². The van der Waals surface area contributed by atoms with Crippen LogP contribution in [0.5, 0.6) is 11.5 Å². The number of unbranched alkanes of at least 4 members (excludes halogenated alkanes) is 1. The molecule has 10 heteroatoms. The average molecular weight is 582 g/mol. The van der Waals surface area contributed by atoms with Crippen LogP contribution in [0.2, 0.25) is 0 Å². The second-order valence-electron chi connectivity index (χ2n) is 9.51. The highest BCUT2D eigenvalue weighted by Gasteiger charge is 2.33.